The van der Waals surface area contributed by atoms with Gasteiger partial charge in [-0.05, 0) is 17.7 Å². The molecule has 1 aromatic carbocycles. The fourth-order valence-electron chi connectivity index (χ4n) is 1.33. The fraction of sp³-hybridized carbons (Fsp3) is 0.333. The summed E-state index contributed by atoms with van der Waals surface area (Å²) in [5.41, 5.74) is 0.850. The molecular weight excluding hydrogens is 220 g/mol. The summed E-state index contributed by atoms with van der Waals surface area (Å²) < 4.78 is 10.5. The van der Waals surface area contributed by atoms with Crippen LogP contribution in [0.2, 0.25) is 0 Å². The van der Waals surface area contributed by atoms with Crippen molar-refractivity contribution >= 4 is 0 Å². The monoisotopic (exact) mass is 234 g/mol. The van der Waals surface area contributed by atoms with Gasteiger partial charge in [0, 0.05) is 6.42 Å². The van der Waals surface area contributed by atoms with Gasteiger partial charge in [-0.15, -0.1) is 0 Å². The number of ether oxygens (including phenoxy) is 1. The molecule has 5 heteroatoms. The summed E-state index contributed by atoms with van der Waals surface area (Å²) in [6, 6.07) is 7.20. The van der Waals surface area contributed by atoms with E-state index in [4.69, 9.17) is 14.4 Å². The van der Waals surface area contributed by atoms with Gasteiger partial charge in [0.1, 0.15) is 5.75 Å². The van der Waals surface area contributed by atoms with E-state index < -0.39 is 0 Å². The Hall–Kier alpha value is -1.88. The van der Waals surface area contributed by atoms with E-state index in [-0.39, 0.29) is 13.2 Å². The third-order valence-electron chi connectivity index (χ3n) is 2.29. The minimum atomic E-state index is 0.0315. The molecular formula is C12H14N2O3. The molecule has 2 rings (SSSR count). The molecule has 17 heavy (non-hydrogen) atoms. The predicted octanol–water partition coefficient (Wildman–Crippen LogP) is 1.70. The number of rotatable bonds is 5. The average molecular weight is 234 g/mol. The molecule has 0 saturated carbocycles. The molecule has 0 atom stereocenters. The van der Waals surface area contributed by atoms with Crippen LogP contribution in [-0.4, -0.2) is 15.2 Å². The Labute approximate surface area is 99.0 Å². The first-order valence-corrected chi connectivity index (χ1v) is 5.46. The second-order valence-corrected chi connectivity index (χ2v) is 3.55. The lowest BCUT2D eigenvalue weighted by Gasteiger charge is -2.03. The van der Waals surface area contributed by atoms with E-state index in [0.717, 1.165) is 12.0 Å². The summed E-state index contributed by atoms with van der Waals surface area (Å²) in [6.07, 6.45) is 0.745. The topological polar surface area (TPSA) is 68.4 Å². The Morgan fingerprint density at radius 3 is 2.65 bits per heavy atom. The Kier molecular flexibility index (Phi) is 3.72. The van der Waals surface area contributed by atoms with Crippen molar-refractivity contribution in [1.29, 1.82) is 0 Å². The summed E-state index contributed by atoms with van der Waals surface area (Å²) >= 11 is 0. The van der Waals surface area contributed by atoms with Gasteiger partial charge in [0.15, 0.2) is 12.4 Å². The highest BCUT2D eigenvalue weighted by Crippen LogP contribution is 2.13. The fourth-order valence-corrected chi connectivity index (χ4v) is 1.33. The first kappa shape index (κ1) is 11.6. The van der Waals surface area contributed by atoms with Gasteiger partial charge in [0.2, 0.25) is 0 Å². The highest BCUT2D eigenvalue weighted by molar-refractivity contribution is 5.26. The van der Waals surface area contributed by atoms with Crippen LogP contribution in [0.4, 0.5) is 0 Å². The smallest absolute Gasteiger partial charge is 0.264 e. The van der Waals surface area contributed by atoms with Crippen LogP contribution < -0.4 is 4.74 Å². The number of benzene rings is 1. The minimum Gasteiger partial charge on any atom is -0.484 e. The van der Waals surface area contributed by atoms with Crippen molar-refractivity contribution in [2.75, 3.05) is 0 Å². The highest BCUT2D eigenvalue weighted by atomic mass is 16.5. The molecule has 0 radical (unpaired) electrons. The highest BCUT2D eigenvalue weighted by Gasteiger charge is 2.05. The zero-order chi connectivity index (χ0) is 12.1. The summed E-state index contributed by atoms with van der Waals surface area (Å²) in [7, 11) is 0. The van der Waals surface area contributed by atoms with Crippen LogP contribution in [-0.2, 0) is 19.6 Å². The molecule has 0 unspecified atom stereocenters. The van der Waals surface area contributed by atoms with Gasteiger partial charge in [-0.3, -0.25) is 0 Å². The van der Waals surface area contributed by atoms with Crippen LogP contribution in [0.15, 0.2) is 28.8 Å². The summed E-state index contributed by atoms with van der Waals surface area (Å²) in [4.78, 5) is 4.13. The lowest BCUT2D eigenvalue weighted by Crippen LogP contribution is -1.96. The zero-order valence-electron chi connectivity index (χ0n) is 9.59. The molecule has 1 heterocycles. The van der Waals surface area contributed by atoms with E-state index in [1.54, 1.807) is 24.3 Å². The summed E-state index contributed by atoms with van der Waals surface area (Å²) in [5.74, 6) is 1.85. The number of aromatic nitrogens is 2. The van der Waals surface area contributed by atoms with Gasteiger partial charge in [-0.2, -0.15) is 4.98 Å². The molecule has 2 aromatic rings. The number of aliphatic hydroxyl groups is 1. The SMILES string of the molecule is CCc1noc(COc2ccc(CO)cc2)n1. The van der Waals surface area contributed by atoms with Crippen molar-refractivity contribution in [3.8, 4) is 5.75 Å². The molecule has 0 aliphatic carbocycles. The Morgan fingerprint density at radius 1 is 1.29 bits per heavy atom. The largest absolute Gasteiger partial charge is 0.484 e. The summed E-state index contributed by atoms with van der Waals surface area (Å²) in [6.45, 7) is 2.25. The molecule has 0 aliphatic heterocycles. The van der Waals surface area contributed by atoms with Crippen LogP contribution in [0.25, 0.3) is 0 Å². The van der Waals surface area contributed by atoms with Gasteiger partial charge in [0.05, 0.1) is 6.61 Å². The number of nitrogens with zero attached hydrogens (tertiary/aromatic N) is 2. The van der Waals surface area contributed by atoms with Crippen LogP contribution in [0.3, 0.4) is 0 Å². The van der Waals surface area contributed by atoms with Crippen molar-refractivity contribution < 1.29 is 14.4 Å². The average Bonchev–Trinajstić information content (AvgIpc) is 2.85. The van der Waals surface area contributed by atoms with Gasteiger partial charge >= 0.3 is 0 Å². The van der Waals surface area contributed by atoms with E-state index in [1.807, 2.05) is 6.92 Å². The number of aryl methyl sites for hydroxylation is 1. The van der Waals surface area contributed by atoms with E-state index in [9.17, 15) is 0 Å². The van der Waals surface area contributed by atoms with Gasteiger partial charge in [0.25, 0.3) is 5.89 Å². The quantitative estimate of drug-likeness (QED) is 0.852. The predicted molar refractivity (Wildman–Crippen MR) is 60.4 cm³/mol. The van der Waals surface area contributed by atoms with E-state index in [1.165, 1.54) is 0 Å². The maximum atomic E-state index is 8.89. The lowest BCUT2D eigenvalue weighted by molar-refractivity contribution is 0.242. The molecule has 0 spiro atoms. The zero-order valence-corrected chi connectivity index (χ0v) is 9.59. The Balaban J connectivity index is 1.92. The Bertz CT molecular complexity index is 465. The minimum absolute atomic E-state index is 0.0315. The van der Waals surface area contributed by atoms with E-state index >= 15 is 0 Å². The molecule has 1 aromatic heterocycles. The Morgan fingerprint density at radius 2 is 2.06 bits per heavy atom. The summed E-state index contributed by atoms with van der Waals surface area (Å²) in [5, 5.41) is 12.7. The first-order chi connectivity index (χ1) is 8.31. The first-order valence-electron chi connectivity index (χ1n) is 5.46. The van der Waals surface area contributed by atoms with Crippen LogP contribution in [0.1, 0.15) is 24.2 Å². The van der Waals surface area contributed by atoms with Crippen LogP contribution >= 0.6 is 0 Å². The molecule has 0 saturated heterocycles. The molecule has 0 amide bonds. The van der Waals surface area contributed by atoms with Crippen LogP contribution in [0, 0.1) is 0 Å². The number of hydrogen-bond donors (Lipinski definition) is 1. The van der Waals surface area contributed by atoms with E-state index in [0.29, 0.717) is 17.5 Å². The number of aliphatic hydroxyl groups excluding tert-OH is 1. The molecule has 90 valence electrons. The number of hydrogen-bond acceptors (Lipinski definition) is 5. The third-order valence-corrected chi connectivity index (χ3v) is 2.29. The molecule has 5 nitrogen and oxygen atoms in total. The molecule has 1 N–H and O–H groups in total. The molecule has 0 fully saturated rings. The van der Waals surface area contributed by atoms with Crippen molar-refractivity contribution in [3.05, 3.63) is 41.5 Å². The van der Waals surface area contributed by atoms with Crippen molar-refractivity contribution in [1.82, 2.24) is 10.1 Å². The van der Waals surface area contributed by atoms with Crippen molar-refractivity contribution in [2.24, 2.45) is 0 Å². The molecule has 0 bridgehead atoms. The maximum Gasteiger partial charge on any atom is 0.264 e. The lowest BCUT2D eigenvalue weighted by atomic mass is 10.2. The van der Waals surface area contributed by atoms with Gasteiger partial charge in [-0.1, -0.05) is 24.2 Å². The standard InChI is InChI=1S/C12H14N2O3/c1-2-11-13-12(17-14-11)8-16-10-5-3-9(7-15)4-6-10/h3-6,15H,2,7-8H2,1H3. The third kappa shape index (κ3) is 3.04. The van der Waals surface area contributed by atoms with E-state index in [2.05, 4.69) is 10.1 Å². The van der Waals surface area contributed by atoms with Gasteiger partial charge in [-0.25, -0.2) is 0 Å². The van der Waals surface area contributed by atoms with Crippen molar-refractivity contribution in [2.45, 2.75) is 26.6 Å². The van der Waals surface area contributed by atoms with Gasteiger partial charge < -0.3 is 14.4 Å². The normalized spacial score (nSPS) is 10.5. The maximum absolute atomic E-state index is 8.89. The van der Waals surface area contributed by atoms with Crippen LogP contribution in [0.5, 0.6) is 5.75 Å². The van der Waals surface area contributed by atoms with Crippen molar-refractivity contribution in [3.63, 3.8) is 0 Å². The second-order valence-electron chi connectivity index (χ2n) is 3.55. The second kappa shape index (κ2) is 5.45. The molecule has 0 aliphatic rings.